The first-order chi connectivity index (χ1) is 13.7. The summed E-state index contributed by atoms with van der Waals surface area (Å²) in [7, 11) is 0. The van der Waals surface area contributed by atoms with Crippen LogP contribution in [0, 0.1) is 24.7 Å². The van der Waals surface area contributed by atoms with Crippen LogP contribution in [0.1, 0.15) is 37.3 Å². The fourth-order valence-corrected chi connectivity index (χ4v) is 4.91. The predicted octanol–water partition coefficient (Wildman–Crippen LogP) is 4.72. The number of hydrogen-bond acceptors (Lipinski definition) is 2. The molecule has 2 aromatic carbocycles. The number of benzene rings is 2. The Labute approximate surface area is 169 Å². The number of likely N-dealkylation sites (tertiary alicyclic amines) is 1. The van der Waals surface area contributed by atoms with E-state index in [-0.39, 0.29) is 5.92 Å². The molecule has 0 bridgehead atoms. The van der Waals surface area contributed by atoms with Crippen molar-refractivity contribution in [2.24, 2.45) is 17.8 Å². The molecule has 1 amide bonds. The van der Waals surface area contributed by atoms with Gasteiger partial charge in [-0.05, 0) is 37.0 Å². The van der Waals surface area contributed by atoms with Gasteiger partial charge < -0.3 is 9.80 Å². The Balaban J connectivity index is 0.000000932. The number of hydrogen-bond donors (Lipinski definition) is 0. The second kappa shape index (κ2) is 7.98. The maximum absolute atomic E-state index is 13.0. The molecule has 0 N–H and O–H groups in total. The van der Waals surface area contributed by atoms with E-state index >= 15 is 0 Å². The molecule has 3 fully saturated rings. The third-order valence-corrected chi connectivity index (χ3v) is 6.53. The molecule has 1 saturated carbocycles. The summed E-state index contributed by atoms with van der Waals surface area (Å²) in [4.78, 5) is 17.6. The molecule has 3 heteroatoms. The number of nitrogens with zero attached hydrogens (tertiary/aromatic N) is 2. The van der Waals surface area contributed by atoms with E-state index in [0.29, 0.717) is 23.7 Å². The Morgan fingerprint density at radius 3 is 2.07 bits per heavy atom. The Morgan fingerprint density at radius 2 is 1.46 bits per heavy atom. The molecule has 3 aliphatic rings. The van der Waals surface area contributed by atoms with Crippen LogP contribution in [0.2, 0.25) is 0 Å². The number of fused-ring (bicyclic) bond motifs is 1. The number of amides is 1. The van der Waals surface area contributed by atoms with Crippen LogP contribution in [0.25, 0.3) is 0 Å². The third kappa shape index (κ3) is 3.67. The van der Waals surface area contributed by atoms with Gasteiger partial charge in [0, 0.05) is 49.6 Å². The minimum Gasteiger partial charge on any atom is -0.371 e. The Hall–Kier alpha value is -2.29. The molecule has 1 aliphatic carbocycles. The maximum Gasteiger partial charge on any atom is 0.226 e. The van der Waals surface area contributed by atoms with Crippen LogP contribution in [0.4, 0.5) is 5.69 Å². The molecule has 4 atom stereocenters. The van der Waals surface area contributed by atoms with Gasteiger partial charge in [0.05, 0.1) is 0 Å². The lowest BCUT2D eigenvalue weighted by Crippen LogP contribution is -2.34. The van der Waals surface area contributed by atoms with Crippen molar-refractivity contribution >= 4 is 11.6 Å². The largest absolute Gasteiger partial charge is 0.371 e. The maximum atomic E-state index is 13.0. The molecule has 0 radical (unpaired) electrons. The van der Waals surface area contributed by atoms with Crippen LogP contribution in [0.15, 0.2) is 54.6 Å². The normalized spacial score (nSPS) is 27.8. The molecule has 5 rings (SSSR count). The van der Waals surface area contributed by atoms with Gasteiger partial charge >= 0.3 is 0 Å². The highest BCUT2D eigenvalue weighted by Crippen LogP contribution is 2.49. The number of aryl methyl sites for hydroxylation is 1. The molecular weight excluding hydrogens is 344 g/mol. The van der Waals surface area contributed by atoms with E-state index in [4.69, 9.17) is 0 Å². The van der Waals surface area contributed by atoms with Crippen LogP contribution in [-0.4, -0.2) is 37.0 Å². The van der Waals surface area contributed by atoms with Crippen molar-refractivity contribution in [2.75, 3.05) is 31.1 Å². The zero-order valence-electron chi connectivity index (χ0n) is 17.3. The first-order valence-corrected chi connectivity index (χ1v) is 10.8. The lowest BCUT2D eigenvalue weighted by molar-refractivity contribution is -0.131. The van der Waals surface area contributed by atoms with E-state index in [2.05, 4.69) is 71.3 Å². The van der Waals surface area contributed by atoms with Gasteiger partial charge in [-0.1, -0.05) is 61.9 Å². The minimum atomic E-state index is 0.224. The van der Waals surface area contributed by atoms with E-state index < -0.39 is 0 Å². The van der Waals surface area contributed by atoms with Gasteiger partial charge in [-0.15, -0.1) is 0 Å². The SMILES string of the molecule is CC.Cc1ccc(C2CC2C(=O)N2CC3CN(c4ccccc4)CC3C2)cc1. The Kier molecular flexibility index (Phi) is 5.43. The number of carbonyl (C=O) groups excluding carboxylic acids is 1. The highest BCUT2D eigenvalue weighted by atomic mass is 16.2. The molecule has 2 aliphatic heterocycles. The number of rotatable bonds is 3. The zero-order chi connectivity index (χ0) is 19.7. The van der Waals surface area contributed by atoms with E-state index in [1.54, 1.807) is 0 Å². The van der Waals surface area contributed by atoms with Crippen molar-refractivity contribution in [1.29, 1.82) is 0 Å². The molecule has 0 spiro atoms. The molecule has 4 unspecified atom stereocenters. The third-order valence-electron chi connectivity index (χ3n) is 6.53. The van der Waals surface area contributed by atoms with Crippen molar-refractivity contribution in [3.05, 3.63) is 65.7 Å². The quantitative estimate of drug-likeness (QED) is 0.774. The van der Waals surface area contributed by atoms with Gasteiger partial charge in [0.1, 0.15) is 0 Å². The average Bonchev–Trinajstić information content (AvgIpc) is 3.28. The second-order valence-corrected chi connectivity index (χ2v) is 8.36. The van der Waals surface area contributed by atoms with Crippen molar-refractivity contribution in [2.45, 2.75) is 33.1 Å². The first-order valence-electron chi connectivity index (χ1n) is 10.8. The summed E-state index contributed by atoms with van der Waals surface area (Å²) in [6.45, 7) is 10.2. The molecule has 148 valence electrons. The number of anilines is 1. The van der Waals surface area contributed by atoms with Gasteiger partial charge in [-0.2, -0.15) is 0 Å². The Morgan fingerprint density at radius 1 is 0.857 bits per heavy atom. The molecule has 2 heterocycles. The van der Waals surface area contributed by atoms with Gasteiger partial charge in [0.25, 0.3) is 0 Å². The van der Waals surface area contributed by atoms with E-state index in [1.165, 1.54) is 16.8 Å². The van der Waals surface area contributed by atoms with Gasteiger partial charge in [0.15, 0.2) is 0 Å². The summed E-state index contributed by atoms with van der Waals surface area (Å²) in [6.07, 6.45) is 1.03. The fraction of sp³-hybridized carbons (Fsp3) is 0.480. The van der Waals surface area contributed by atoms with Crippen molar-refractivity contribution in [3.63, 3.8) is 0 Å². The second-order valence-electron chi connectivity index (χ2n) is 8.36. The Bertz CT molecular complexity index is 787. The van der Waals surface area contributed by atoms with Crippen molar-refractivity contribution < 1.29 is 4.79 Å². The van der Waals surface area contributed by atoms with Crippen LogP contribution >= 0.6 is 0 Å². The van der Waals surface area contributed by atoms with E-state index in [9.17, 15) is 4.79 Å². The molecule has 2 aromatic rings. The van der Waals surface area contributed by atoms with Gasteiger partial charge in [-0.3, -0.25) is 4.79 Å². The average molecular weight is 377 g/mol. The molecular formula is C25H32N2O. The fourth-order valence-electron chi connectivity index (χ4n) is 4.91. The van der Waals surface area contributed by atoms with Crippen LogP contribution < -0.4 is 4.90 Å². The smallest absolute Gasteiger partial charge is 0.226 e. The van der Waals surface area contributed by atoms with Crippen molar-refractivity contribution in [3.8, 4) is 0 Å². The molecule has 28 heavy (non-hydrogen) atoms. The van der Waals surface area contributed by atoms with Gasteiger partial charge in [0.2, 0.25) is 5.91 Å². The van der Waals surface area contributed by atoms with Crippen LogP contribution in [0.5, 0.6) is 0 Å². The highest BCUT2D eigenvalue weighted by molar-refractivity contribution is 5.83. The first kappa shape index (κ1) is 19.0. The summed E-state index contributed by atoms with van der Waals surface area (Å²) in [5.74, 6) is 2.34. The lowest BCUT2D eigenvalue weighted by Gasteiger charge is -2.23. The number of carbonyl (C=O) groups is 1. The van der Waals surface area contributed by atoms with Crippen LogP contribution in [0.3, 0.4) is 0 Å². The predicted molar refractivity (Wildman–Crippen MR) is 116 cm³/mol. The summed E-state index contributed by atoms with van der Waals surface area (Å²) >= 11 is 0. The van der Waals surface area contributed by atoms with E-state index in [1.807, 2.05) is 13.8 Å². The summed E-state index contributed by atoms with van der Waals surface area (Å²) in [5.41, 5.74) is 3.94. The molecule has 3 nitrogen and oxygen atoms in total. The number of para-hydroxylation sites is 1. The topological polar surface area (TPSA) is 23.6 Å². The zero-order valence-corrected chi connectivity index (χ0v) is 17.3. The highest BCUT2D eigenvalue weighted by Gasteiger charge is 2.49. The molecule has 2 saturated heterocycles. The van der Waals surface area contributed by atoms with E-state index in [0.717, 1.165) is 32.6 Å². The lowest BCUT2D eigenvalue weighted by atomic mass is 10.0. The minimum absolute atomic E-state index is 0.224. The van der Waals surface area contributed by atoms with Crippen molar-refractivity contribution in [1.82, 2.24) is 4.90 Å². The van der Waals surface area contributed by atoms with Gasteiger partial charge in [-0.25, -0.2) is 0 Å². The summed E-state index contributed by atoms with van der Waals surface area (Å²) < 4.78 is 0. The standard InChI is InChI=1S/C23H26N2O.C2H6/c1-16-7-9-17(10-8-16)21-11-22(21)23(26)25-14-18-12-24(13-19(18)15-25)20-5-3-2-4-6-20;1-2/h2-10,18-19,21-22H,11-15H2,1H3;1-2H3. The summed E-state index contributed by atoms with van der Waals surface area (Å²) in [5, 5.41) is 0. The monoisotopic (exact) mass is 376 g/mol. The molecule has 0 aromatic heterocycles. The summed E-state index contributed by atoms with van der Waals surface area (Å²) in [6, 6.07) is 19.4. The van der Waals surface area contributed by atoms with Crippen LogP contribution in [-0.2, 0) is 4.79 Å².